The standard InChI is InChI=1S/C9H5Cl2F3/c10-7-3-1-2-6(4-7)5-8(11)9(12,13)14/h1-5H. The lowest BCUT2D eigenvalue weighted by Crippen LogP contribution is -2.06. The third kappa shape index (κ3) is 3.24. The van der Waals surface area contributed by atoms with Crippen LogP contribution in [-0.4, -0.2) is 6.18 Å². The molecule has 0 spiro atoms. The summed E-state index contributed by atoms with van der Waals surface area (Å²) in [4.78, 5) is 0. The SMILES string of the molecule is FC(F)(F)C(Cl)=Cc1cccc(Cl)c1. The van der Waals surface area contributed by atoms with Crippen molar-refractivity contribution in [3.8, 4) is 0 Å². The molecule has 0 radical (unpaired) electrons. The molecule has 1 aromatic carbocycles. The van der Waals surface area contributed by atoms with Crippen molar-refractivity contribution in [3.05, 3.63) is 39.9 Å². The highest BCUT2D eigenvalue weighted by atomic mass is 35.5. The Kier molecular flexibility index (Phi) is 3.45. The van der Waals surface area contributed by atoms with Gasteiger partial charge in [-0.1, -0.05) is 35.3 Å². The summed E-state index contributed by atoms with van der Waals surface area (Å²) in [6.07, 6.45) is -3.68. The molecule has 0 aliphatic carbocycles. The number of hydrogen-bond donors (Lipinski definition) is 0. The Morgan fingerprint density at radius 2 is 1.93 bits per heavy atom. The van der Waals surface area contributed by atoms with Gasteiger partial charge in [-0.25, -0.2) is 0 Å². The van der Waals surface area contributed by atoms with Gasteiger partial charge in [0.1, 0.15) is 5.03 Å². The van der Waals surface area contributed by atoms with Crippen LogP contribution in [0.1, 0.15) is 5.56 Å². The second-order valence-corrected chi connectivity index (χ2v) is 3.39. The molecule has 14 heavy (non-hydrogen) atoms. The molecule has 0 amide bonds. The Bertz CT molecular complexity index is 355. The molecule has 0 aliphatic heterocycles. The lowest BCUT2D eigenvalue weighted by atomic mass is 10.2. The predicted octanol–water partition coefficient (Wildman–Crippen LogP) is 4.48. The summed E-state index contributed by atoms with van der Waals surface area (Å²) in [5.41, 5.74) is 0.319. The highest BCUT2D eigenvalue weighted by Crippen LogP contribution is 2.30. The van der Waals surface area contributed by atoms with Gasteiger partial charge in [0.2, 0.25) is 0 Å². The molecule has 76 valence electrons. The number of alkyl halides is 3. The zero-order chi connectivity index (χ0) is 10.8. The van der Waals surface area contributed by atoms with Crippen LogP contribution in [0.4, 0.5) is 13.2 Å². The molecule has 0 fully saturated rings. The zero-order valence-electron chi connectivity index (χ0n) is 6.78. The molecular formula is C9H5Cl2F3. The van der Waals surface area contributed by atoms with E-state index in [1.807, 2.05) is 0 Å². The maximum atomic E-state index is 12.0. The Balaban J connectivity index is 2.98. The van der Waals surface area contributed by atoms with Gasteiger partial charge in [-0.2, -0.15) is 13.2 Å². The van der Waals surface area contributed by atoms with Crippen LogP contribution >= 0.6 is 23.2 Å². The highest BCUT2D eigenvalue weighted by molar-refractivity contribution is 6.32. The van der Waals surface area contributed by atoms with Crippen LogP contribution in [0.5, 0.6) is 0 Å². The van der Waals surface area contributed by atoms with E-state index < -0.39 is 11.2 Å². The summed E-state index contributed by atoms with van der Waals surface area (Å²) in [7, 11) is 0. The van der Waals surface area contributed by atoms with Gasteiger partial charge in [-0.3, -0.25) is 0 Å². The molecule has 0 saturated carbocycles. The van der Waals surface area contributed by atoms with Gasteiger partial charge < -0.3 is 0 Å². The van der Waals surface area contributed by atoms with E-state index in [0.717, 1.165) is 6.08 Å². The molecule has 0 bridgehead atoms. The topological polar surface area (TPSA) is 0 Å². The van der Waals surface area contributed by atoms with Gasteiger partial charge in [-0.05, 0) is 23.8 Å². The first-order chi connectivity index (χ1) is 6.39. The molecular weight excluding hydrogens is 236 g/mol. The minimum absolute atomic E-state index is 0.319. The molecule has 1 aromatic rings. The van der Waals surface area contributed by atoms with Crippen molar-refractivity contribution in [3.63, 3.8) is 0 Å². The number of allylic oxidation sites excluding steroid dienone is 1. The third-order valence-corrected chi connectivity index (χ3v) is 1.97. The smallest absolute Gasteiger partial charge is 0.165 e. The van der Waals surface area contributed by atoms with E-state index in [4.69, 9.17) is 23.2 Å². The average molecular weight is 241 g/mol. The molecule has 0 aliphatic rings. The fourth-order valence-corrected chi connectivity index (χ4v) is 1.15. The number of benzene rings is 1. The second kappa shape index (κ2) is 4.24. The highest BCUT2D eigenvalue weighted by Gasteiger charge is 2.32. The van der Waals surface area contributed by atoms with E-state index >= 15 is 0 Å². The summed E-state index contributed by atoms with van der Waals surface area (Å²) in [5.74, 6) is 0. The maximum absolute atomic E-state index is 12.0. The number of halogens is 5. The van der Waals surface area contributed by atoms with Crippen molar-refractivity contribution in [1.29, 1.82) is 0 Å². The van der Waals surface area contributed by atoms with E-state index in [1.165, 1.54) is 12.1 Å². The van der Waals surface area contributed by atoms with Crippen molar-refractivity contribution in [1.82, 2.24) is 0 Å². The van der Waals surface area contributed by atoms with Crippen LogP contribution in [0.15, 0.2) is 29.3 Å². The quantitative estimate of drug-likeness (QED) is 0.679. The van der Waals surface area contributed by atoms with Gasteiger partial charge in [0, 0.05) is 5.02 Å². The molecule has 5 heteroatoms. The van der Waals surface area contributed by atoms with E-state index in [0.29, 0.717) is 10.6 Å². The first-order valence-electron chi connectivity index (χ1n) is 3.59. The Morgan fingerprint density at radius 1 is 1.29 bits per heavy atom. The summed E-state index contributed by atoms with van der Waals surface area (Å²) >= 11 is 10.6. The Hall–Kier alpha value is -0.670. The lowest BCUT2D eigenvalue weighted by Gasteiger charge is -2.03. The fourth-order valence-electron chi connectivity index (χ4n) is 0.825. The van der Waals surface area contributed by atoms with Gasteiger partial charge in [0.15, 0.2) is 0 Å². The molecule has 1 rings (SSSR count). The second-order valence-electron chi connectivity index (χ2n) is 2.55. The van der Waals surface area contributed by atoms with E-state index in [1.54, 1.807) is 12.1 Å². The predicted molar refractivity (Wildman–Crippen MR) is 51.3 cm³/mol. The fraction of sp³-hybridized carbons (Fsp3) is 0.111. The zero-order valence-corrected chi connectivity index (χ0v) is 8.29. The largest absolute Gasteiger partial charge is 0.426 e. The summed E-state index contributed by atoms with van der Waals surface area (Å²) in [5, 5.41) is -0.801. The van der Waals surface area contributed by atoms with Gasteiger partial charge in [-0.15, -0.1) is 0 Å². The third-order valence-electron chi connectivity index (χ3n) is 1.41. The van der Waals surface area contributed by atoms with Crippen LogP contribution in [0.2, 0.25) is 5.02 Å². The molecule has 0 saturated heterocycles. The molecule has 0 unspecified atom stereocenters. The molecule has 0 N–H and O–H groups in total. The van der Waals surface area contributed by atoms with Crippen molar-refractivity contribution >= 4 is 29.3 Å². The van der Waals surface area contributed by atoms with E-state index in [2.05, 4.69) is 0 Å². The minimum atomic E-state index is -4.51. The maximum Gasteiger partial charge on any atom is 0.426 e. The summed E-state index contributed by atoms with van der Waals surface area (Å²) in [6.45, 7) is 0. The van der Waals surface area contributed by atoms with E-state index in [-0.39, 0.29) is 0 Å². The minimum Gasteiger partial charge on any atom is -0.165 e. The normalized spacial score (nSPS) is 13.1. The lowest BCUT2D eigenvalue weighted by molar-refractivity contribution is -0.0836. The molecule has 0 heterocycles. The molecule has 0 nitrogen and oxygen atoms in total. The monoisotopic (exact) mass is 240 g/mol. The van der Waals surface area contributed by atoms with Crippen molar-refractivity contribution < 1.29 is 13.2 Å². The van der Waals surface area contributed by atoms with Gasteiger partial charge in [0.25, 0.3) is 0 Å². The van der Waals surface area contributed by atoms with Crippen molar-refractivity contribution in [2.45, 2.75) is 6.18 Å². The summed E-state index contributed by atoms with van der Waals surface area (Å²) < 4.78 is 36.0. The first-order valence-corrected chi connectivity index (χ1v) is 4.35. The van der Waals surface area contributed by atoms with Crippen LogP contribution < -0.4 is 0 Å². The average Bonchev–Trinajstić information content (AvgIpc) is 2.02. The Morgan fingerprint density at radius 3 is 2.43 bits per heavy atom. The number of hydrogen-bond acceptors (Lipinski definition) is 0. The Labute approximate surface area is 88.9 Å². The van der Waals surface area contributed by atoms with E-state index in [9.17, 15) is 13.2 Å². The number of rotatable bonds is 1. The first kappa shape index (κ1) is 11.4. The molecule has 0 aromatic heterocycles. The van der Waals surface area contributed by atoms with Crippen LogP contribution in [0.25, 0.3) is 6.08 Å². The van der Waals surface area contributed by atoms with Crippen LogP contribution in [0.3, 0.4) is 0 Å². The van der Waals surface area contributed by atoms with Crippen LogP contribution in [0, 0.1) is 0 Å². The summed E-state index contributed by atoms with van der Waals surface area (Å²) in [6, 6.07) is 6.00. The van der Waals surface area contributed by atoms with Gasteiger partial charge in [0.05, 0.1) is 0 Å². The van der Waals surface area contributed by atoms with Crippen molar-refractivity contribution in [2.24, 2.45) is 0 Å². The van der Waals surface area contributed by atoms with Crippen molar-refractivity contribution in [2.75, 3.05) is 0 Å². The van der Waals surface area contributed by atoms with Gasteiger partial charge >= 0.3 is 6.18 Å². The van der Waals surface area contributed by atoms with Crippen LogP contribution in [-0.2, 0) is 0 Å². The molecule has 0 atom stereocenters.